The second-order valence-electron chi connectivity index (χ2n) is 2.73. The highest BCUT2D eigenvalue weighted by Crippen LogP contribution is 2.27. The van der Waals surface area contributed by atoms with Gasteiger partial charge in [-0.25, -0.2) is 4.98 Å². The van der Waals surface area contributed by atoms with Crippen LogP contribution in [0, 0.1) is 0 Å². The highest BCUT2D eigenvalue weighted by atomic mass is 79.9. The molecule has 0 unspecified atom stereocenters. The lowest BCUT2D eigenvalue weighted by molar-refractivity contribution is 0.709. The summed E-state index contributed by atoms with van der Waals surface area (Å²) in [5, 5.41) is 0.661. The molecule has 0 aromatic carbocycles. The van der Waals surface area contributed by atoms with E-state index < -0.39 is 0 Å². The van der Waals surface area contributed by atoms with Crippen LogP contribution in [0.1, 0.15) is 31.9 Å². The van der Waals surface area contributed by atoms with Gasteiger partial charge >= 0.3 is 0 Å². The summed E-state index contributed by atoms with van der Waals surface area (Å²) >= 11 is 4.96. The molecule has 1 aromatic heterocycles. The maximum Gasteiger partial charge on any atom is 0.181 e. The van der Waals surface area contributed by atoms with Crippen molar-refractivity contribution in [1.29, 1.82) is 0 Å². The molecule has 12 heavy (non-hydrogen) atoms. The van der Waals surface area contributed by atoms with Crippen LogP contribution in [0.2, 0.25) is 0 Å². The SMILES string of the molecule is CCCCCc1nc(N)sc1Br. The fourth-order valence-electron chi connectivity index (χ4n) is 1.05. The van der Waals surface area contributed by atoms with E-state index >= 15 is 0 Å². The minimum atomic E-state index is 0.661. The number of thiazole rings is 1. The summed E-state index contributed by atoms with van der Waals surface area (Å²) < 4.78 is 1.09. The van der Waals surface area contributed by atoms with Crippen molar-refractivity contribution in [1.82, 2.24) is 4.98 Å². The Hall–Kier alpha value is -0.0900. The van der Waals surface area contributed by atoms with Crippen LogP contribution in [-0.4, -0.2) is 4.98 Å². The molecule has 2 nitrogen and oxygen atoms in total. The number of aromatic nitrogens is 1. The van der Waals surface area contributed by atoms with E-state index in [2.05, 4.69) is 27.8 Å². The monoisotopic (exact) mass is 248 g/mol. The largest absolute Gasteiger partial charge is 0.375 e. The average Bonchev–Trinajstić information content (AvgIpc) is 2.31. The van der Waals surface area contributed by atoms with Crippen LogP contribution in [0.5, 0.6) is 0 Å². The Kier molecular flexibility index (Phi) is 4.01. The van der Waals surface area contributed by atoms with E-state index in [-0.39, 0.29) is 0 Å². The van der Waals surface area contributed by atoms with Crippen LogP contribution >= 0.6 is 27.3 Å². The lowest BCUT2D eigenvalue weighted by atomic mass is 10.2. The predicted octanol–water partition coefficient (Wildman–Crippen LogP) is 3.22. The third kappa shape index (κ3) is 2.75. The summed E-state index contributed by atoms with van der Waals surface area (Å²) in [5.41, 5.74) is 6.68. The van der Waals surface area contributed by atoms with Gasteiger partial charge in [-0.3, -0.25) is 0 Å². The number of nitrogen functional groups attached to an aromatic ring is 1. The number of hydrogen-bond donors (Lipinski definition) is 1. The molecule has 1 rings (SSSR count). The van der Waals surface area contributed by atoms with Gasteiger partial charge in [0.05, 0.1) is 9.48 Å². The number of hydrogen-bond acceptors (Lipinski definition) is 3. The minimum absolute atomic E-state index is 0.661. The molecule has 0 radical (unpaired) electrons. The van der Waals surface area contributed by atoms with E-state index in [1.807, 2.05) is 0 Å². The zero-order valence-electron chi connectivity index (χ0n) is 7.14. The molecule has 0 aliphatic carbocycles. The number of nitrogens with two attached hydrogens (primary N) is 1. The Morgan fingerprint density at radius 2 is 2.25 bits per heavy atom. The molecule has 68 valence electrons. The number of anilines is 1. The molecule has 0 bridgehead atoms. The molecule has 0 fully saturated rings. The number of rotatable bonds is 4. The van der Waals surface area contributed by atoms with Crippen molar-refractivity contribution < 1.29 is 0 Å². The molecule has 0 saturated carbocycles. The summed E-state index contributed by atoms with van der Waals surface area (Å²) in [6, 6.07) is 0. The van der Waals surface area contributed by atoms with Gasteiger partial charge in [-0.15, -0.1) is 0 Å². The first kappa shape index (κ1) is 9.99. The van der Waals surface area contributed by atoms with Crippen molar-refractivity contribution in [3.8, 4) is 0 Å². The Balaban J connectivity index is 2.45. The average molecular weight is 249 g/mol. The maximum atomic E-state index is 5.56. The molecular weight excluding hydrogens is 236 g/mol. The quantitative estimate of drug-likeness (QED) is 0.832. The molecule has 0 amide bonds. The normalized spacial score (nSPS) is 10.5. The zero-order valence-corrected chi connectivity index (χ0v) is 9.54. The Bertz CT molecular complexity index is 247. The standard InChI is InChI=1S/C8H13BrN2S/c1-2-3-4-5-6-7(9)12-8(10)11-6/h2-5H2,1H3,(H2,10,11). The van der Waals surface area contributed by atoms with Crippen LogP contribution in [0.25, 0.3) is 0 Å². The van der Waals surface area contributed by atoms with E-state index in [0.29, 0.717) is 5.13 Å². The van der Waals surface area contributed by atoms with Crippen LogP contribution in [-0.2, 0) is 6.42 Å². The van der Waals surface area contributed by atoms with E-state index in [9.17, 15) is 0 Å². The predicted molar refractivity (Wildman–Crippen MR) is 57.5 cm³/mol. The molecule has 1 aromatic rings. The first-order valence-electron chi connectivity index (χ1n) is 4.14. The Morgan fingerprint density at radius 1 is 1.50 bits per heavy atom. The molecule has 2 N–H and O–H groups in total. The van der Waals surface area contributed by atoms with Crippen molar-refractivity contribution in [2.24, 2.45) is 0 Å². The summed E-state index contributed by atoms with van der Waals surface area (Å²) in [7, 11) is 0. The van der Waals surface area contributed by atoms with Gasteiger partial charge in [-0.1, -0.05) is 31.1 Å². The van der Waals surface area contributed by atoms with Crippen molar-refractivity contribution >= 4 is 32.4 Å². The van der Waals surface area contributed by atoms with Gasteiger partial charge in [0.15, 0.2) is 5.13 Å². The Labute approximate surface area is 85.3 Å². The zero-order chi connectivity index (χ0) is 8.97. The topological polar surface area (TPSA) is 38.9 Å². The molecular formula is C8H13BrN2S. The number of aryl methyl sites for hydroxylation is 1. The van der Waals surface area contributed by atoms with E-state index in [4.69, 9.17) is 5.73 Å². The lowest BCUT2D eigenvalue weighted by Gasteiger charge is -1.95. The number of unbranched alkanes of at least 4 members (excludes halogenated alkanes) is 2. The van der Waals surface area contributed by atoms with Crippen molar-refractivity contribution in [2.75, 3.05) is 5.73 Å². The first-order valence-corrected chi connectivity index (χ1v) is 5.75. The van der Waals surface area contributed by atoms with E-state index in [1.54, 1.807) is 0 Å². The third-order valence-corrected chi connectivity index (χ3v) is 3.34. The molecule has 1 heterocycles. The number of halogens is 1. The summed E-state index contributed by atoms with van der Waals surface area (Å²) in [6.07, 6.45) is 4.77. The maximum absolute atomic E-state index is 5.56. The smallest absolute Gasteiger partial charge is 0.181 e. The first-order chi connectivity index (χ1) is 5.74. The molecule has 0 aliphatic heterocycles. The van der Waals surface area contributed by atoms with Gasteiger partial charge in [0.1, 0.15) is 0 Å². The molecule has 0 spiro atoms. The second-order valence-corrected chi connectivity index (χ2v) is 5.08. The van der Waals surface area contributed by atoms with E-state index in [1.165, 1.54) is 30.6 Å². The number of nitrogens with zero attached hydrogens (tertiary/aromatic N) is 1. The van der Waals surface area contributed by atoms with Gasteiger partial charge in [0, 0.05) is 0 Å². The molecule has 0 atom stereocenters. The molecule has 0 aliphatic rings. The highest BCUT2D eigenvalue weighted by Gasteiger charge is 2.05. The lowest BCUT2D eigenvalue weighted by Crippen LogP contribution is -1.88. The van der Waals surface area contributed by atoms with Crippen molar-refractivity contribution in [2.45, 2.75) is 32.6 Å². The van der Waals surface area contributed by atoms with Crippen molar-refractivity contribution in [3.63, 3.8) is 0 Å². The van der Waals surface area contributed by atoms with Gasteiger partial charge in [0.25, 0.3) is 0 Å². The minimum Gasteiger partial charge on any atom is -0.375 e. The van der Waals surface area contributed by atoms with E-state index in [0.717, 1.165) is 15.9 Å². The van der Waals surface area contributed by atoms with Crippen LogP contribution in [0.3, 0.4) is 0 Å². The third-order valence-electron chi connectivity index (χ3n) is 1.68. The van der Waals surface area contributed by atoms with Gasteiger partial charge in [-0.05, 0) is 28.8 Å². The van der Waals surface area contributed by atoms with Crippen LogP contribution in [0.4, 0.5) is 5.13 Å². The molecule has 4 heteroatoms. The Morgan fingerprint density at radius 3 is 2.75 bits per heavy atom. The van der Waals surface area contributed by atoms with Gasteiger partial charge < -0.3 is 5.73 Å². The van der Waals surface area contributed by atoms with Crippen LogP contribution in [0.15, 0.2) is 3.79 Å². The fraction of sp³-hybridized carbons (Fsp3) is 0.625. The van der Waals surface area contributed by atoms with Crippen LogP contribution < -0.4 is 5.73 Å². The second kappa shape index (κ2) is 4.82. The van der Waals surface area contributed by atoms with Gasteiger partial charge in [-0.2, -0.15) is 0 Å². The highest BCUT2D eigenvalue weighted by molar-refractivity contribution is 9.11. The fourth-order valence-corrected chi connectivity index (χ4v) is 2.44. The summed E-state index contributed by atoms with van der Waals surface area (Å²) in [6.45, 7) is 2.20. The summed E-state index contributed by atoms with van der Waals surface area (Å²) in [4.78, 5) is 4.23. The summed E-state index contributed by atoms with van der Waals surface area (Å²) in [5.74, 6) is 0. The van der Waals surface area contributed by atoms with Gasteiger partial charge in [0.2, 0.25) is 0 Å². The van der Waals surface area contributed by atoms with Crippen molar-refractivity contribution in [3.05, 3.63) is 9.48 Å². The molecule has 0 saturated heterocycles.